The molecule has 0 spiro atoms. The fraction of sp³-hybridized carbons (Fsp3) is 0.143. The second-order valence-electron chi connectivity index (χ2n) is 4.19. The van der Waals surface area contributed by atoms with E-state index in [4.69, 9.17) is 4.74 Å². The maximum Gasteiger partial charge on any atom is 0.310 e. The Morgan fingerprint density at radius 1 is 1.29 bits per heavy atom. The van der Waals surface area contributed by atoms with Crippen molar-refractivity contribution < 1.29 is 14.1 Å². The van der Waals surface area contributed by atoms with Crippen LogP contribution in [0.4, 0.5) is 10.1 Å². The summed E-state index contributed by atoms with van der Waals surface area (Å²) in [5.74, 6) is -0.243. The lowest BCUT2D eigenvalue weighted by molar-refractivity contribution is -0.386. The van der Waals surface area contributed by atoms with E-state index in [1.54, 1.807) is 24.3 Å². The van der Waals surface area contributed by atoms with Crippen LogP contribution in [0, 0.1) is 15.9 Å². The first-order valence-electron chi connectivity index (χ1n) is 5.92. The summed E-state index contributed by atoms with van der Waals surface area (Å²) < 4.78 is 19.2. The maximum absolute atomic E-state index is 13.4. The summed E-state index contributed by atoms with van der Waals surface area (Å²) in [4.78, 5) is 10.5. The van der Waals surface area contributed by atoms with Crippen LogP contribution in [-0.4, -0.2) is 4.92 Å². The molecule has 0 N–H and O–H groups in total. The summed E-state index contributed by atoms with van der Waals surface area (Å²) in [7, 11) is 0. The number of hydrogen-bond donors (Lipinski definition) is 0. The van der Waals surface area contributed by atoms with Gasteiger partial charge in [-0.2, -0.15) is 0 Å². The third kappa shape index (κ3) is 3.79. The summed E-state index contributed by atoms with van der Waals surface area (Å²) in [6.45, 7) is 0.0327. The third-order valence-corrected chi connectivity index (χ3v) is 4.33. The minimum atomic E-state index is -0.506. The molecule has 0 saturated heterocycles. The zero-order valence-corrected chi connectivity index (χ0v) is 13.9. The highest BCUT2D eigenvalue weighted by Gasteiger charge is 2.16. The zero-order chi connectivity index (χ0) is 15.4. The number of benzene rings is 2. The van der Waals surface area contributed by atoms with E-state index in [0.29, 0.717) is 15.4 Å². The van der Waals surface area contributed by atoms with E-state index in [9.17, 15) is 14.5 Å². The topological polar surface area (TPSA) is 52.4 Å². The molecule has 0 aromatic heterocycles. The number of rotatable bonds is 5. The van der Waals surface area contributed by atoms with Crippen LogP contribution in [0.5, 0.6) is 5.75 Å². The predicted molar refractivity (Wildman–Crippen MR) is 84.2 cm³/mol. The van der Waals surface area contributed by atoms with Gasteiger partial charge in [-0.3, -0.25) is 10.1 Å². The Morgan fingerprint density at radius 2 is 2.05 bits per heavy atom. The van der Waals surface area contributed by atoms with Crippen molar-refractivity contribution in [2.45, 2.75) is 11.9 Å². The Hall–Kier alpha value is -1.47. The van der Waals surface area contributed by atoms with Gasteiger partial charge >= 0.3 is 5.69 Å². The van der Waals surface area contributed by atoms with Crippen molar-refractivity contribution in [1.82, 2.24) is 0 Å². The van der Waals surface area contributed by atoms with Crippen molar-refractivity contribution in [3.05, 3.63) is 67.9 Å². The van der Waals surface area contributed by atoms with Crippen LogP contribution in [-0.2, 0) is 11.9 Å². The first kappa shape index (κ1) is 15.9. The van der Waals surface area contributed by atoms with Crippen molar-refractivity contribution in [2.75, 3.05) is 0 Å². The molecule has 2 aromatic rings. The first-order chi connectivity index (χ1) is 10.0. The normalized spacial score (nSPS) is 10.4. The standard InChI is InChI=1S/C14H10Br2FNO3/c15-7-9-4-5-12(18(19)20)13(6-9)21-8-10-2-1-3-11(17)14(10)16/h1-6H,7-8H2. The van der Waals surface area contributed by atoms with Gasteiger partial charge in [0.1, 0.15) is 12.4 Å². The highest BCUT2D eigenvalue weighted by Crippen LogP contribution is 2.30. The van der Waals surface area contributed by atoms with Gasteiger partial charge in [0.2, 0.25) is 0 Å². The Kier molecular flexibility index (Phi) is 5.30. The quantitative estimate of drug-likeness (QED) is 0.391. The van der Waals surface area contributed by atoms with Crippen molar-refractivity contribution in [2.24, 2.45) is 0 Å². The fourth-order valence-corrected chi connectivity index (χ4v) is 2.45. The third-order valence-electron chi connectivity index (χ3n) is 2.79. The highest BCUT2D eigenvalue weighted by atomic mass is 79.9. The summed E-state index contributed by atoms with van der Waals surface area (Å²) in [6, 6.07) is 9.21. The average molecular weight is 419 g/mol. The maximum atomic E-state index is 13.4. The number of halogens is 3. The Balaban J connectivity index is 2.26. The number of alkyl halides is 1. The second-order valence-corrected chi connectivity index (χ2v) is 5.55. The molecule has 21 heavy (non-hydrogen) atoms. The number of hydrogen-bond acceptors (Lipinski definition) is 3. The van der Waals surface area contributed by atoms with Crippen LogP contribution in [0.15, 0.2) is 40.9 Å². The van der Waals surface area contributed by atoms with Crippen molar-refractivity contribution in [3.63, 3.8) is 0 Å². The smallest absolute Gasteiger partial charge is 0.310 e. The Morgan fingerprint density at radius 3 is 2.71 bits per heavy atom. The summed E-state index contributed by atoms with van der Waals surface area (Å²) in [5.41, 5.74) is 1.31. The predicted octanol–water partition coefficient (Wildman–Crippen LogP) is 4.97. The largest absolute Gasteiger partial charge is 0.482 e. The van der Waals surface area contributed by atoms with E-state index in [1.807, 2.05) is 0 Å². The van der Waals surface area contributed by atoms with Gasteiger partial charge < -0.3 is 4.74 Å². The number of nitro benzene ring substituents is 1. The summed E-state index contributed by atoms with van der Waals surface area (Å²) in [5, 5.41) is 11.6. The summed E-state index contributed by atoms with van der Waals surface area (Å²) in [6.07, 6.45) is 0. The van der Waals surface area contributed by atoms with Crippen LogP contribution in [0.25, 0.3) is 0 Å². The molecule has 2 aromatic carbocycles. The molecule has 0 amide bonds. The van der Waals surface area contributed by atoms with Gasteiger partial charge in [-0.05, 0) is 33.6 Å². The van der Waals surface area contributed by atoms with E-state index in [1.165, 1.54) is 12.1 Å². The molecule has 0 radical (unpaired) electrons. The SMILES string of the molecule is O=[N+]([O-])c1ccc(CBr)cc1OCc1cccc(F)c1Br. The van der Waals surface area contributed by atoms with Crippen molar-refractivity contribution in [1.29, 1.82) is 0 Å². The van der Waals surface area contributed by atoms with Crippen LogP contribution in [0.3, 0.4) is 0 Å². The van der Waals surface area contributed by atoms with Crippen LogP contribution >= 0.6 is 31.9 Å². The lowest BCUT2D eigenvalue weighted by Gasteiger charge is -2.09. The molecule has 7 heteroatoms. The van der Waals surface area contributed by atoms with Crippen molar-refractivity contribution in [3.8, 4) is 5.75 Å². The number of nitro groups is 1. The molecule has 0 fully saturated rings. The van der Waals surface area contributed by atoms with Gasteiger partial charge in [-0.15, -0.1) is 0 Å². The van der Waals surface area contributed by atoms with Crippen LogP contribution in [0.1, 0.15) is 11.1 Å². The molecule has 0 aliphatic heterocycles. The Bertz CT molecular complexity index is 679. The van der Waals surface area contributed by atoms with Crippen LogP contribution in [0.2, 0.25) is 0 Å². The molecule has 0 unspecified atom stereocenters. The molecule has 0 saturated carbocycles. The molecule has 110 valence electrons. The second kappa shape index (κ2) is 7.00. The highest BCUT2D eigenvalue weighted by molar-refractivity contribution is 9.10. The van der Waals surface area contributed by atoms with Gasteiger partial charge in [0, 0.05) is 17.0 Å². The molecular formula is C14H10Br2FNO3. The molecule has 0 bridgehead atoms. The van der Waals surface area contributed by atoms with E-state index in [2.05, 4.69) is 31.9 Å². The fourth-order valence-electron chi connectivity index (χ4n) is 1.72. The molecule has 0 aliphatic carbocycles. The molecule has 0 atom stereocenters. The molecule has 0 heterocycles. The van der Waals surface area contributed by atoms with E-state index in [0.717, 1.165) is 5.56 Å². The van der Waals surface area contributed by atoms with Gasteiger partial charge in [0.15, 0.2) is 5.75 Å². The minimum Gasteiger partial charge on any atom is -0.482 e. The summed E-state index contributed by atoms with van der Waals surface area (Å²) >= 11 is 6.42. The average Bonchev–Trinajstić information content (AvgIpc) is 2.48. The van der Waals surface area contributed by atoms with Gasteiger partial charge in [-0.25, -0.2) is 4.39 Å². The number of ether oxygens (including phenoxy) is 1. The Labute approximate surface area is 137 Å². The van der Waals surface area contributed by atoms with Crippen molar-refractivity contribution >= 4 is 37.5 Å². The molecule has 2 rings (SSSR count). The molecule has 0 aliphatic rings. The lowest BCUT2D eigenvalue weighted by Crippen LogP contribution is -2.01. The van der Waals surface area contributed by atoms with Gasteiger partial charge in [0.05, 0.1) is 9.40 Å². The lowest BCUT2D eigenvalue weighted by atomic mass is 10.2. The number of nitrogens with zero attached hydrogens (tertiary/aromatic N) is 1. The molecule has 4 nitrogen and oxygen atoms in total. The first-order valence-corrected chi connectivity index (χ1v) is 7.83. The van der Waals surface area contributed by atoms with Crippen LogP contribution < -0.4 is 4.74 Å². The van der Waals surface area contributed by atoms with Gasteiger partial charge in [-0.1, -0.05) is 34.1 Å². The van der Waals surface area contributed by atoms with Gasteiger partial charge in [0.25, 0.3) is 0 Å². The minimum absolute atomic E-state index is 0.0327. The monoisotopic (exact) mass is 417 g/mol. The van der Waals surface area contributed by atoms with E-state index in [-0.39, 0.29) is 18.0 Å². The zero-order valence-electron chi connectivity index (χ0n) is 10.7. The van der Waals surface area contributed by atoms with E-state index >= 15 is 0 Å². The van der Waals surface area contributed by atoms with E-state index < -0.39 is 10.7 Å². The molecular weight excluding hydrogens is 409 g/mol.